The normalized spacial score (nSPS) is 12.4. The number of nitrogens with one attached hydrogen (secondary N) is 3. The number of hydrogen-bond donors (Lipinski definition) is 4. The van der Waals surface area contributed by atoms with Crippen LogP contribution < -0.4 is 5.32 Å². The molecule has 0 spiro atoms. The van der Waals surface area contributed by atoms with E-state index in [2.05, 4.69) is 37.4 Å². The van der Waals surface area contributed by atoms with Crippen LogP contribution >= 0.6 is 11.3 Å². The minimum Gasteiger partial charge on any atom is -0.374 e. The van der Waals surface area contributed by atoms with Crippen molar-refractivity contribution in [1.82, 2.24) is 30.1 Å². The van der Waals surface area contributed by atoms with Gasteiger partial charge in [-0.05, 0) is 43.2 Å². The van der Waals surface area contributed by atoms with Crippen molar-refractivity contribution < 1.29 is 9.50 Å². The van der Waals surface area contributed by atoms with Crippen molar-refractivity contribution in [3.63, 3.8) is 0 Å². The van der Waals surface area contributed by atoms with Gasteiger partial charge in [-0.25, -0.2) is 9.97 Å². The highest BCUT2D eigenvalue weighted by Gasteiger charge is 2.17. The van der Waals surface area contributed by atoms with E-state index in [4.69, 9.17) is 4.98 Å². The molecule has 0 bridgehead atoms. The number of benzene rings is 1. The second-order valence-corrected chi connectivity index (χ2v) is 9.88. The molecule has 6 rings (SSSR count). The number of aliphatic hydroxyl groups is 1. The maximum atomic E-state index is 13.7. The molecule has 0 radical (unpaired) electrons. The van der Waals surface area contributed by atoms with E-state index in [0.717, 1.165) is 67.9 Å². The van der Waals surface area contributed by atoms with Crippen LogP contribution in [0.4, 0.5) is 10.1 Å². The van der Waals surface area contributed by atoms with Gasteiger partial charge in [0.1, 0.15) is 11.9 Å². The molecule has 0 fully saturated rings. The van der Waals surface area contributed by atoms with E-state index >= 15 is 0 Å². The fraction of sp³-hybridized carbons (Fsp3) is 0.185. The first-order valence-corrected chi connectivity index (χ1v) is 12.9. The summed E-state index contributed by atoms with van der Waals surface area (Å²) in [4.78, 5) is 17.9. The third-order valence-electron chi connectivity index (χ3n) is 6.23. The number of anilines is 1. The van der Waals surface area contributed by atoms with Crippen LogP contribution in [0.15, 0.2) is 61.1 Å². The van der Waals surface area contributed by atoms with Crippen LogP contribution in [0.5, 0.6) is 0 Å². The van der Waals surface area contributed by atoms with Crippen LogP contribution in [0, 0.1) is 5.13 Å². The second kappa shape index (κ2) is 9.72. The number of H-pyrrole nitrogens is 2. The number of fused-ring (bicyclic) bond motifs is 2. The van der Waals surface area contributed by atoms with Gasteiger partial charge in [-0.15, -0.1) is 11.3 Å². The summed E-state index contributed by atoms with van der Waals surface area (Å²) in [5, 5.41) is 21.4. The van der Waals surface area contributed by atoms with Crippen molar-refractivity contribution in [3.05, 3.63) is 66.2 Å². The average molecular weight is 514 g/mol. The maximum absolute atomic E-state index is 13.7. The van der Waals surface area contributed by atoms with E-state index in [1.165, 1.54) is 6.07 Å². The van der Waals surface area contributed by atoms with Gasteiger partial charge in [0.2, 0.25) is 0 Å². The molecule has 5 aromatic heterocycles. The number of rotatable bonds is 8. The molecule has 4 N–H and O–H groups in total. The Hall–Kier alpha value is -4.15. The Morgan fingerprint density at radius 3 is 2.84 bits per heavy atom. The zero-order valence-corrected chi connectivity index (χ0v) is 20.8. The van der Waals surface area contributed by atoms with Crippen molar-refractivity contribution in [3.8, 4) is 33.1 Å². The molecular formula is C27H24FN7OS. The molecule has 0 saturated heterocycles. The van der Waals surface area contributed by atoms with Crippen molar-refractivity contribution in [2.45, 2.75) is 32.4 Å². The lowest BCUT2D eigenvalue weighted by atomic mass is 10.1. The number of aromatic nitrogens is 6. The maximum Gasteiger partial charge on any atom is 0.176 e. The Labute approximate surface area is 215 Å². The van der Waals surface area contributed by atoms with Gasteiger partial charge < -0.3 is 15.4 Å². The topological polar surface area (TPSA) is 115 Å². The Balaban J connectivity index is 1.36. The largest absolute Gasteiger partial charge is 0.374 e. The number of aliphatic hydroxyl groups excluding tert-OH is 1. The van der Waals surface area contributed by atoms with Gasteiger partial charge in [0.05, 0.1) is 28.3 Å². The summed E-state index contributed by atoms with van der Waals surface area (Å²) in [6.07, 6.45) is 7.24. The number of hydrogen-bond acceptors (Lipinski definition) is 7. The molecule has 0 saturated carbocycles. The van der Waals surface area contributed by atoms with Gasteiger partial charge in [-0.3, -0.25) is 10.1 Å². The SMILES string of the molecule is CCCCC(O)Nc1cncc(-c2cnc3[nH]nc(-c4nc5c(-c6ccc(F)s6)cccc5[nH]4)c3c2)c1. The van der Waals surface area contributed by atoms with Crippen LogP contribution in [0.1, 0.15) is 26.2 Å². The van der Waals surface area contributed by atoms with Gasteiger partial charge in [-0.2, -0.15) is 9.49 Å². The van der Waals surface area contributed by atoms with Crippen molar-refractivity contribution >= 4 is 39.1 Å². The fourth-order valence-corrected chi connectivity index (χ4v) is 5.14. The molecule has 1 atom stereocenters. The first-order chi connectivity index (χ1) is 18.1. The molecule has 8 nitrogen and oxygen atoms in total. The molecule has 0 aliphatic heterocycles. The van der Waals surface area contributed by atoms with Crippen LogP contribution in [-0.4, -0.2) is 41.5 Å². The van der Waals surface area contributed by atoms with Crippen molar-refractivity contribution in [1.29, 1.82) is 0 Å². The lowest BCUT2D eigenvalue weighted by Crippen LogP contribution is -2.18. The van der Waals surface area contributed by atoms with E-state index in [-0.39, 0.29) is 5.13 Å². The highest BCUT2D eigenvalue weighted by molar-refractivity contribution is 7.14. The third-order valence-corrected chi connectivity index (χ3v) is 7.14. The minimum absolute atomic E-state index is 0.233. The molecule has 5 heterocycles. The quantitative estimate of drug-likeness (QED) is 0.176. The highest BCUT2D eigenvalue weighted by Crippen LogP contribution is 2.35. The van der Waals surface area contributed by atoms with E-state index in [1.54, 1.807) is 24.7 Å². The van der Waals surface area contributed by atoms with Crippen LogP contribution in [0.3, 0.4) is 0 Å². The Morgan fingerprint density at radius 2 is 2.00 bits per heavy atom. The van der Waals surface area contributed by atoms with Gasteiger partial charge in [0.15, 0.2) is 16.6 Å². The molecule has 10 heteroatoms. The number of imidazole rings is 1. The summed E-state index contributed by atoms with van der Waals surface area (Å²) < 4.78 is 13.7. The summed E-state index contributed by atoms with van der Waals surface area (Å²) in [5.74, 6) is 0.595. The number of halogens is 1. The zero-order chi connectivity index (χ0) is 25.4. The Bertz CT molecular complexity index is 1710. The number of pyridine rings is 2. The first-order valence-electron chi connectivity index (χ1n) is 12.1. The van der Waals surface area contributed by atoms with E-state index in [9.17, 15) is 9.50 Å². The third kappa shape index (κ3) is 4.56. The zero-order valence-electron chi connectivity index (χ0n) is 20.0. The van der Waals surface area contributed by atoms with Crippen molar-refractivity contribution in [2.24, 2.45) is 0 Å². The number of thiophene rings is 1. The predicted octanol–water partition coefficient (Wildman–Crippen LogP) is 6.35. The Morgan fingerprint density at radius 1 is 1.11 bits per heavy atom. The van der Waals surface area contributed by atoms with Gasteiger partial charge in [0.25, 0.3) is 0 Å². The summed E-state index contributed by atoms with van der Waals surface area (Å²) in [7, 11) is 0. The van der Waals surface area contributed by atoms with Crippen LogP contribution in [-0.2, 0) is 0 Å². The monoisotopic (exact) mass is 513 g/mol. The lowest BCUT2D eigenvalue weighted by molar-refractivity contribution is 0.190. The van der Waals surface area contributed by atoms with E-state index < -0.39 is 6.23 Å². The number of nitrogens with zero attached hydrogens (tertiary/aromatic N) is 4. The molecule has 1 aromatic carbocycles. The second-order valence-electron chi connectivity index (χ2n) is 8.85. The molecule has 0 aliphatic rings. The van der Waals surface area contributed by atoms with Crippen LogP contribution in [0.2, 0.25) is 0 Å². The number of para-hydroxylation sites is 1. The molecule has 186 valence electrons. The fourth-order valence-electron chi connectivity index (χ4n) is 4.38. The minimum atomic E-state index is -0.623. The first kappa shape index (κ1) is 23.3. The molecule has 0 aliphatic carbocycles. The number of unbranched alkanes of at least 4 members (excludes halogenated alkanes) is 1. The van der Waals surface area contributed by atoms with Crippen LogP contribution in [0.25, 0.3) is 55.2 Å². The molecule has 1 unspecified atom stereocenters. The summed E-state index contributed by atoms with van der Waals surface area (Å²) in [5.41, 5.74) is 6.20. The van der Waals surface area contributed by atoms with E-state index in [1.807, 2.05) is 30.3 Å². The lowest BCUT2D eigenvalue weighted by Gasteiger charge is -2.14. The molecule has 0 amide bonds. The highest BCUT2D eigenvalue weighted by atomic mass is 32.1. The predicted molar refractivity (Wildman–Crippen MR) is 145 cm³/mol. The summed E-state index contributed by atoms with van der Waals surface area (Å²) in [6.45, 7) is 2.09. The standard InChI is InChI=1S/C27H24FN7OS/c1-2-3-7-23(36)31-17-10-15(12-29-14-17)16-11-19-25(34-35-26(19)30-13-16)27-32-20-6-4-5-18(24(20)33-27)21-8-9-22(28)37-21/h4-6,8-14,23,31,36H,2-3,7H2,1H3,(H,32,33)(H,30,34,35). The smallest absolute Gasteiger partial charge is 0.176 e. The molecule has 37 heavy (non-hydrogen) atoms. The molecule has 6 aromatic rings. The Kier molecular flexibility index (Phi) is 6.11. The van der Waals surface area contributed by atoms with Gasteiger partial charge >= 0.3 is 0 Å². The average Bonchev–Trinajstić information content (AvgIpc) is 3.64. The summed E-state index contributed by atoms with van der Waals surface area (Å²) >= 11 is 1.09. The van der Waals surface area contributed by atoms with E-state index in [0.29, 0.717) is 23.6 Å². The van der Waals surface area contributed by atoms with Gasteiger partial charge in [0, 0.05) is 34.0 Å². The summed E-state index contributed by atoms with van der Waals surface area (Å²) in [6, 6.07) is 13.0. The number of aromatic amines is 2. The molecular weight excluding hydrogens is 489 g/mol. The van der Waals surface area contributed by atoms with Crippen molar-refractivity contribution in [2.75, 3.05) is 5.32 Å². The van der Waals surface area contributed by atoms with Gasteiger partial charge in [-0.1, -0.05) is 25.5 Å².